The van der Waals surface area contributed by atoms with Gasteiger partial charge < -0.3 is 17.3 Å². The number of hydrogen-bond acceptors (Lipinski definition) is 4. The van der Waals surface area contributed by atoms with Gasteiger partial charge in [0.1, 0.15) is 0 Å². The van der Waals surface area contributed by atoms with Gasteiger partial charge in [0.15, 0.2) is 5.69 Å². The molecule has 0 saturated heterocycles. The van der Waals surface area contributed by atoms with Crippen LogP contribution in [0.15, 0.2) is 29.4 Å². The van der Waals surface area contributed by atoms with Crippen molar-refractivity contribution < 1.29 is 31.7 Å². The number of carbonyl (C=O) groups is 1. The Morgan fingerprint density at radius 3 is 1.96 bits per heavy atom. The molecule has 4 rings (SSSR count). The quantitative estimate of drug-likeness (QED) is 0.281. The molecule has 2 amide bonds. The third-order valence-corrected chi connectivity index (χ3v) is 4.47. The minimum Gasteiger partial charge on any atom is -0.418 e. The van der Waals surface area contributed by atoms with E-state index in [0.29, 0.717) is 17.5 Å². The average molecular weight is 374 g/mol. The van der Waals surface area contributed by atoms with Gasteiger partial charge in [0.2, 0.25) is 5.66 Å². The Morgan fingerprint density at radius 1 is 1.12 bits per heavy atom. The third-order valence-electron chi connectivity index (χ3n) is 4.47. The van der Waals surface area contributed by atoms with Crippen LogP contribution in [-0.2, 0) is 0 Å². The summed E-state index contributed by atoms with van der Waals surface area (Å²) in [7, 11) is -6.00. The van der Waals surface area contributed by atoms with Crippen LogP contribution in [0.25, 0.3) is 0 Å². The number of nitrogens with zero attached hydrogens (tertiary/aromatic N) is 3. The van der Waals surface area contributed by atoms with E-state index in [1.807, 2.05) is 0 Å². The molecule has 1 heterocycles. The van der Waals surface area contributed by atoms with E-state index in [0.717, 1.165) is 25.7 Å². The van der Waals surface area contributed by atoms with Crippen molar-refractivity contribution in [3.8, 4) is 0 Å². The number of nitro benzene ring substituents is 1. The molecule has 0 aromatic heterocycles. The van der Waals surface area contributed by atoms with Gasteiger partial charge in [-0.15, -0.1) is 0 Å². The fourth-order valence-electron chi connectivity index (χ4n) is 3.10. The molecule has 1 N–H and O–H groups in total. The van der Waals surface area contributed by atoms with E-state index in [1.54, 1.807) is 12.1 Å². The van der Waals surface area contributed by atoms with E-state index in [1.165, 1.54) is 16.8 Å². The maximum atomic E-state index is 12.3. The molecule has 3 aliphatic rings. The van der Waals surface area contributed by atoms with Crippen LogP contribution in [0.1, 0.15) is 25.7 Å². The number of hydrogen-bond donors (Lipinski definition) is 1. The van der Waals surface area contributed by atoms with Crippen LogP contribution >= 0.6 is 0 Å². The van der Waals surface area contributed by atoms with E-state index >= 15 is 0 Å². The smallest absolute Gasteiger partial charge is 0.418 e. The minimum atomic E-state index is -6.00. The second kappa shape index (κ2) is 6.33. The van der Waals surface area contributed by atoms with Gasteiger partial charge in [0, 0.05) is 24.0 Å². The summed E-state index contributed by atoms with van der Waals surface area (Å²) in [4.78, 5) is 22.5. The van der Waals surface area contributed by atoms with Crippen molar-refractivity contribution in [2.75, 3.05) is 0 Å². The Morgan fingerprint density at radius 2 is 1.58 bits per heavy atom. The van der Waals surface area contributed by atoms with Crippen molar-refractivity contribution >= 4 is 24.7 Å². The SMILES string of the molecule is F[B-](F)(F)F.O=C1NC(C2CC2)(C2CC2)N=[N+]1c1ccc([N+](=O)[O-])cc1. The highest BCUT2D eigenvalue weighted by Crippen LogP contribution is 2.54. The van der Waals surface area contributed by atoms with Crippen LogP contribution in [0.2, 0.25) is 0 Å². The third kappa shape index (κ3) is 3.99. The first-order valence-corrected chi connectivity index (χ1v) is 8.07. The summed E-state index contributed by atoms with van der Waals surface area (Å²) in [5.41, 5.74) is 0.147. The van der Waals surface area contributed by atoms with E-state index in [2.05, 4.69) is 10.4 Å². The maximum absolute atomic E-state index is 12.3. The zero-order valence-corrected chi connectivity index (χ0v) is 13.4. The van der Waals surface area contributed by atoms with Crippen molar-refractivity contribution in [2.45, 2.75) is 31.3 Å². The second-order valence-electron chi connectivity index (χ2n) is 6.48. The van der Waals surface area contributed by atoms with Gasteiger partial charge in [0.05, 0.1) is 4.92 Å². The fraction of sp³-hybridized carbons (Fsp3) is 0.500. The molecule has 2 fully saturated rings. The molecule has 1 aromatic carbocycles. The first-order chi connectivity index (χ1) is 12.1. The molecule has 0 bridgehead atoms. The summed E-state index contributed by atoms with van der Waals surface area (Å²) in [6, 6.07) is 5.69. The summed E-state index contributed by atoms with van der Waals surface area (Å²) in [5, 5.41) is 18.4. The highest BCUT2D eigenvalue weighted by Gasteiger charge is 2.64. The summed E-state index contributed by atoms with van der Waals surface area (Å²) < 4.78 is 40.4. The number of non-ortho nitro benzene ring substituents is 1. The van der Waals surface area contributed by atoms with E-state index in [9.17, 15) is 32.2 Å². The maximum Gasteiger partial charge on any atom is 0.673 e. The first-order valence-electron chi connectivity index (χ1n) is 8.07. The van der Waals surface area contributed by atoms with E-state index in [4.69, 9.17) is 0 Å². The molecule has 1 aliphatic heterocycles. The lowest BCUT2D eigenvalue weighted by Gasteiger charge is -2.17. The molecule has 0 atom stereocenters. The molecular weight excluding hydrogens is 359 g/mol. The normalized spacial score (nSPS) is 21.4. The van der Waals surface area contributed by atoms with Gasteiger partial charge in [-0.3, -0.25) is 10.1 Å². The Hall–Kier alpha value is -2.53. The van der Waals surface area contributed by atoms with Crippen LogP contribution in [0, 0.1) is 22.0 Å². The van der Waals surface area contributed by atoms with Crippen molar-refractivity contribution in [3.05, 3.63) is 34.4 Å². The van der Waals surface area contributed by atoms with Crippen molar-refractivity contribution in [1.82, 2.24) is 5.32 Å². The van der Waals surface area contributed by atoms with Crippen LogP contribution in [0.5, 0.6) is 0 Å². The van der Waals surface area contributed by atoms with Crippen LogP contribution in [-0.4, -0.2) is 28.6 Å². The molecule has 0 radical (unpaired) electrons. The summed E-state index contributed by atoms with van der Waals surface area (Å²) in [6.45, 7) is 0. The van der Waals surface area contributed by atoms with Crippen molar-refractivity contribution in [2.24, 2.45) is 17.0 Å². The molecule has 12 heteroatoms. The van der Waals surface area contributed by atoms with E-state index in [-0.39, 0.29) is 11.7 Å². The van der Waals surface area contributed by atoms with Gasteiger partial charge in [-0.2, -0.15) is 4.79 Å². The Bertz CT molecular complexity index is 742. The monoisotopic (exact) mass is 374 g/mol. The number of amides is 2. The zero-order valence-electron chi connectivity index (χ0n) is 13.4. The van der Waals surface area contributed by atoms with Crippen LogP contribution in [0.3, 0.4) is 0 Å². The molecule has 26 heavy (non-hydrogen) atoms. The molecule has 140 valence electrons. The second-order valence-corrected chi connectivity index (χ2v) is 6.48. The predicted molar refractivity (Wildman–Crippen MR) is 82.3 cm³/mol. The number of nitrogens with one attached hydrogen (secondary N) is 1. The molecule has 7 nitrogen and oxygen atoms in total. The Labute approximate surface area is 145 Å². The summed E-state index contributed by atoms with van der Waals surface area (Å²) >= 11 is 0. The largest absolute Gasteiger partial charge is 0.673 e. The van der Waals surface area contributed by atoms with Gasteiger partial charge in [-0.25, -0.2) is 5.32 Å². The minimum absolute atomic E-state index is 0.00834. The van der Waals surface area contributed by atoms with Gasteiger partial charge >= 0.3 is 13.3 Å². The van der Waals surface area contributed by atoms with E-state index < -0.39 is 17.8 Å². The average Bonchev–Trinajstić information content (AvgIpc) is 3.43. The van der Waals surface area contributed by atoms with Gasteiger partial charge in [-0.05, 0) is 37.8 Å². The molecular formula is C14H15BF4N4O3. The molecule has 0 unspecified atom stereocenters. The zero-order chi connectivity index (χ0) is 19.1. The molecule has 0 spiro atoms. The van der Waals surface area contributed by atoms with Gasteiger partial charge in [-0.1, -0.05) is 9.81 Å². The lowest BCUT2D eigenvalue weighted by molar-refractivity contribution is -0.405. The van der Waals surface area contributed by atoms with Crippen LogP contribution < -0.4 is 5.32 Å². The lowest BCUT2D eigenvalue weighted by Crippen LogP contribution is -2.46. The number of nitro groups is 1. The number of benzene rings is 1. The predicted octanol–water partition coefficient (Wildman–Crippen LogP) is 4.23. The molecule has 2 saturated carbocycles. The number of carbonyl (C=O) groups excluding carboxylic acids is 1. The lowest BCUT2D eigenvalue weighted by atomic mass is 10.00. The fourth-order valence-corrected chi connectivity index (χ4v) is 3.10. The number of halogens is 4. The Kier molecular flexibility index (Phi) is 4.45. The summed E-state index contributed by atoms with van der Waals surface area (Å²) in [6.07, 6.45) is 4.42. The standard InChI is InChI=1S/C14H14N4O3.BF4/c19-13-15-14(9-1-2-9,10-3-4-10)16-17(13)11-5-7-12(8-6-11)18(20)21;2-1(3,4)5/h5-10H,1-4H2;/q;-1/p+1. The number of azo groups is 2. The number of rotatable bonds is 4. The first kappa shape index (κ1) is 18.3. The Balaban J connectivity index is 0.000000349. The van der Waals surface area contributed by atoms with Crippen LogP contribution in [0.4, 0.5) is 33.4 Å². The van der Waals surface area contributed by atoms with Crippen molar-refractivity contribution in [3.63, 3.8) is 0 Å². The topological polar surface area (TPSA) is 87.6 Å². The summed E-state index contributed by atoms with van der Waals surface area (Å²) in [5.74, 6) is 0.883. The highest BCUT2D eigenvalue weighted by molar-refractivity contribution is 6.50. The highest BCUT2D eigenvalue weighted by atomic mass is 19.5. The number of urea groups is 1. The van der Waals surface area contributed by atoms with Crippen molar-refractivity contribution in [1.29, 1.82) is 0 Å². The van der Waals surface area contributed by atoms with Gasteiger partial charge in [0.25, 0.3) is 5.69 Å². The molecule has 2 aliphatic carbocycles. The molecule has 1 aromatic rings.